The van der Waals surface area contributed by atoms with Crippen molar-refractivity contribution in [2.45, 2.75) is 57.9 Å². The first-order valence-corrected chi connectivity index (χ1v) is 11.1. The summed E-state index contributed by atoms with van der Waals surface area (Å²) in [6.45, 7) is 2.61. The Balaban J connectivity index is 1.62. The highest BCUT2D eigenvalue weighted by Crippen LogP contribution is 2.34. The zero-order valence-corrected chi connectivity index (χ0v) is 15.9. The zero-order valence-electron chi connectivity index (χ0n) is 15.1. The molecule has 1 atom stereocenters. The molecule has 0 saturated heterocycles. The Hall–Kier alpha value is -1.56. The molecule has 1 aromatic carbocycles. The van der Waals surface area contributed by atoms with Crippen molar-refractivity contribution >= 4 is 21.6 Å². The number of nitrogens with one attached hydrogen (secondary N) is 1. The van der Waals surface area contributed by atoms with Crippen LogP contribution in [0.15, 0.2) is 18.2 Å². The number of nitrogens with zero attached hydrogens (tertiary/aromatic N) is 1. The highest BCUT2D eigenvalue weighted by molar-refractivity contribution is 7.92. The quantitative estimate of drug-likeness (QED) is 0.873. The Labute approximate surface area is 150 Å². The van der Waals surface area contributed by atoms with Crippen LogP contribution in [-0.4, -0.2) is 33.2 Å². The van der Waals surface area contributed by atoms with Crippen LogP contribution in [0.25, 0.3) is 0 Å². The van der Waals surface area contributed by atoms with Gasteiger partial charge in [-0.2, -0.15) is 0 Å². The normalized spacial score (nSPS) is 21.2. The number of sulfonamides is 1. The maximum absolute atomic E-state index is 12.4. The molecular weight excluding hydrogens is 336 g/mol. The van der Waals surface area contributed by atoms with E-state index in [1.54, 1.807) is 12.1 Å². The first-order valence-electron chi connectivity index (χ1n) is 9.27. The lowest BCUT2D eigenvalue weighted by Crippen LogP contribution is -2.34. The number of fused-ring (bicyclic) bond motifs is 1. The van der Waals surface area contributed by atoms with E-state index in [4.69, 9.17) is 0 Å². The van der Waals surface area contributed by atoms with E-state index in [2.05, 4.69) is 5.32 Å². The Kier molecular flexibility index (Phi) is 5.37. The predicted molar refractivity (Wildman–Crippen MR) is 100 cm³/mol. The van der Waals surface area contributed by atoms with Crippen LogP contribution in [0.1, 0.15) is 61.4 Å². The Morgan fingerprint density at radius 1 is 1.24 bits per heavy atom. The van der Waals surface area contributed by atoms with Crippen LogP contribution in [0.3, 0.4) is 0 Å². The number of amides is 1. The molecule has 6 heteroatoms. The second kappa shape index (κ2) is 7.36. The van der Waals surface area contributed by atoms with Crippen molar-refractivity contribution in [1.29, 1.82) is 0 Å². The second-order valence-corrected chi connectivity index (χ2v) is 9.36. The van der Waals surface area contributed by atoms with Gasteiger partial charge in [0.25, 0.3) is 5.91 Å². The number of carbonyl (C=O) groups is 1. The van der Waals surface area contributed by atoms with Crippen LogP contribution in [0.5, 0.6) is 0 Å². The smallest absolute Gasteiger partial charge is 0.251 e. The molecule has 1 N–H and O–H groups in total. The lowest BCUT2D eigenvalue weighted by Gasteiger charge is -2.22. The molecule has 138 valence electrons. The molecule has 1 fully saturated rings. The third-order valence-electron chi connectivity index (χ3n) is 5.41. The molecule has 0 bridgehead atoms. The molecule has 1 amide bonds. The minimum Gasteiger partial charge on any atom is -0.352 e. The number of rotatable bonds is 5. The molecule has 1 saturated carbocycles. The van der Waals surface area contributed by atoms with Crippen LogP contribution < -0.4 is 9.62 Å². The van der Waals surface area contributed by atoms with Crippen LogP contribution in [-0.2, 0) is 16.4 Å². The largest absolute Gasteiger partial charge is 0.352 e. The molecule has 1 aliphatic carbocycles. The van der Waals surface area contributed by atoms with Gasteiger partial charge in [0, 0.05) is 18.2 Å². The van der Waals surface area contributed by atoms with Crippen molar-refractivity contribution in [2.24, 2.45) is 5.92 Å². The van der Waals surface area contributed by atoms with E-state index in [0.717, 1.165) is 17.9 Å². The van der Waals surface area contributed by atoms with E-state index in [9.17, 15) is 13.2 Å². The van der Waals surface area contributed by atoms with Crippen molar-refractivity contribution in [3.63, 3.8) is 0 Å². The summed E-state index contributed by atoms with van der Waals surface area (Å²) in [7, 11) is -3.29. The molecule has 0 spiro atoms. The number of benzene rings is 1. The van der Waals surface area contributed by atoms with Crippen LogP contribution in [0, 0.1) is 5.92 Å². The first-order chi connectivity index (χ1) is 11.9. The summed E-state index contributed by atoms with van der Waals surface area (Å²) in [5.74, 6) is 0.683. The maximum Gasteiger partial charge on any atom is 0.251 e. The molecule has 2 aliphatic rings. The lowest BCUT2D eigenvalue weighted by molar-refractivity contribution is 0.0950. The second-order valence-electron chi connectivity index (χ2n) is 7.50. The van der Waals surface area contributed by atoms with Gasteiger partial charge in [-0.15, -0.1) is 0 Å². The van der Waals surface area contributed by atoms with Gasteiger partial charge in [-0.1, -0.05) is 32.1 Å². The van der Waals surface area contributed by atoms with Crippen LogP contribution >= 0.6 is 0 Å². The molecule has 5 nitrogen and oxygen atoms in total. The highest BCUT2D eigenvalue weighted by Gasteiger charge is 2.32. The summed E-state index contributed by atoms with van der Waals surface area (Å²) in [4.78, 5) is 12.4. The Morgan fingerprint density at radius 3 is 2.64 bits per heavy atom. The standard InChI is InChI=1S/C19H28N2O3S/c1-14-12-17-13-16(8-9-18(17)21(14)25(2,23)24)19(22)20-11-10-15-6-4-3-5-7-15/h8-9,13-15H,3-7,10-12H2,1-2H3,(H,20,22). The fraction of sp³-hybridized carbons (Fsp3) is 0.632. The molecule has 0 aromatic heterocycles. The summed E-state index contributed by atoms with van der Waals surface area (Å²) in [5.41, 5.74) is 2.25. The van der Waals surface area contributed by atoms with E-state index in [-0.39, 0.29) is 11.9 Å². The van der Waals surface area contributed by atoms with Gasteiger partial charge in [-0.25, -0.2) is 8.42 Å². The third kappa shape index (κ3) is 4.17. The Morgan fingerprint density at radius 2 is 1.96 bits per heavy atom. The number of hydrogen-bond donors (Lipinski definition) is 1. The summed E-state index contributed by atoms with van der Waals surface area (Å²) in [6.07, 6.45) is 9.48. The van der Waals surface area contributed by atoms with Gasteiger partial charge in [0.2, 0.25) is 10.0 Å². The van der Waals surface area contributed by atoms with E-state index < -0.39 is 10.0 Å². The van der Waals surface area contributed by atoms with Crippen LogP contribution in [0.2, 0.25) is 0 Å². The summed E-state index contributed by atoms with van der Waals surface area (Å²) < 4.78 is 25.4. The summed E-state index contributed by atoms with van der Waals surface area (Å²) in [6, 6.07) is 5.23. The molecule has 1 aromatic rings. The minimum absolute atomic E-state index is 0.0657. The van der Waals surface area contributed by atoms with E-state index >= 15 is 0 Å². The van der Waals surface area contributed by atoms with Crippen LogP contribution in [0.4, 0.5) is 5.69 Å². The molecule has 3 rings (SSSR count). The fourth-order valence-electron chi connectivity index (χ4n) is 4.22. The number of hydrogen-bond acceptors (Lipinski definition) is 3. The zero-order chi connectivity index (χ0) is 18.0. The molecule has 0 radical (unpaired) electrons. The fourth-order valence-corrected chi connectivity index (χ4v) is 5.48. The topological polar surface area (TPSA) is 66.5 Å². The average molecular weight is 365 g/mol. The molecule has 1 heterocycles. The third-order valence-corrected chi connectivity index (χ3v) is 6.69. The van der Waals surface area contributed by atoms with Crippen molar-refractivity contribution in [3.05, 3.63) is 29.3 Å². The van der Waals surface area contributed by atoms with Gasteiger partial charge >= 0.3 is 0 Å². The minimum atomic E-state index is -3.29. The van der Waals surface area contributed by atoms with E-state index in [1.165, 1.54) is 42.7 Å². The van der Waals surface area contributed by atoms with Gasteiger partial charge < -0.3 is 5.32 Å². The lowest BCUT2D eigenvalue weighted by atomic mass is 9.87. The average Bonchev–Trinajstić information content (AvgIpc) is 2.90. The van der Waals surface area contributed by atoms with Gasteiger partial charge in [0.05, 0.1) is 11.9 Å². The van der Waals surface area contributed by atoms with Crippen molar-refractivity contribution < 1.29 is 13.2 Å². The summed E-state index contributed by atoms with van der Waals surface area (Å²) in [5, 5.41) is 3.02. The van der Waals surface area contributed by atoms with Crippen molar-refractivity contribution in [3.8, 4) is 0 Å². The molecular formula is C19H28N2O3S. The monoisotopic (exact) mass is 364 g/mol. The highest BCUT2D eigenvalue weighted by atomic mass is 32.2. The summed E-state index contributed by atoms with van der Waals surface area (Å²) >= 11 is 0. The molecule has 25 heavy (non-hydrogen) atoms. The van der Waals surface area contributed by atoms with E-state index in [0.29, 0.717) is 24.2 Å². The van der Waals surface area contributed by atoms with Gasteiger partial charge in [-0.3, -0.25) is 9.10 Å². The molecule has 1 aliphatic heterocycles. The Bertz CT molecular complexity index is 739. The van der Waals surface area contributed by atoms with Gasteiger partial charge in [0.15, 0.2) is 0 Å². The number of carbonyl (C=O) groups excluding carboxylic acids is 1. The maximum atomic E-state index is 12.4. The number of anilines is 1. The van der Waals surface area contributed by atoms with Crippen molar-refractivity contribution in [1.82, 2.24) is 5.32 Å². The van der Waals surface area contributed by atoms with E-state index in [1.807, 2.05) is 13.0 Å². The molecule has 1 unspecified atom stereocenters. The SMILES string of the molecule is CC1Cc2cc(C(=O)NCCC3CCCCC3)ccc2N1S(C)(=O)=O. The van der Waals surface area contributed by atoms with Gasteiger partial charge in [0.1, 0.15) is 0 Å². The first kappa shape index (κ1) is 18.2. The predicted octanol–water partition coefficient (Wildman–Crippen LogP) is 3.10. The van der Waals surface area contributed by atoms with Crippen molar-refractivity contribution in [2.75, 3.05) is 17.1 Å². The van der Waals surface area contributed by atoms with Gasteiger partial charge in [-0.05, 0) is 49.4 Å².